The zero-order chi connectivity index (χ0) is 9.42. The SMILES string of the molecule is Cc1cc(C)[n+]2cc(CBr)[nH]c2n1.[Br-]. The number of aromatic amines is 1. The molecule has 2 aromatic heterocycles. The number of H-pyrrole nitrogens is 1. The molecular formula is C9H11Br2N3. The highest BCUT2D eigenvalue weighted by atomic mass is 79.9. The Balaban J connectivity index is 0.000000980. The van der Waals surface area contributed by atoms with Crippen LogP contribution in [0, 0.1) is 13.8 Å². The second-order valence-electron chi connectivity index (χ2n) is 3.15. The first-order chi connectivity index (χ1) is 6.20. The topological polar surface area (TPSA) is 32.8 Å². The van der Waals surface area contributed by atoms with Crippen molar-refractivity contribution in [2.75, 3.05) is 0 Å². The number of nitrogens with zero attached hydrogens (tertiary/aromatic N) is 2. The lowest BCUT2D eigenvalue weighted by atomic mass is 10.3. The molecule has 0 bridgehead atoms. The van der Waals surface area contributed by atoms with Crippen molar-refractivity contribution in [1.82, 2.24) is 9.97 Å². The van der Waals surface area contributed by atoms with E-state index in [1.54, 1.807) is 0 Å². The zero-order valence-corrected chi connectivity index (χ0v) is 11.2. The summed E-state index contributed by atoms with van der Waals surface area (Å²) in [6.07, 6.45) is 2.06. The monoisotopic (exact) mass is 319 g/mol. The van der Waals surface area contributed by atoms with Crippen LogP contribution in [-0.2, 0) is 5.33 Å². The van der Waals surface area contributed by atoms with Gasteiger partial charge in [0.25, 0.3) is 0 Å². The molecule has 2 heterocycles. The van der Waals surface area contributed by atoms with Gasteiger partial charge in [-0.2, -0.15) is 0 Å². The third-order valence-electron chi connectivity index (χ3n) is 2.01. The molecule has 0 spiro atoms. The van der Waals surface area contributed by atoms with E-state index in [-0.39, 0.29) is 17.0 Å². The third-order valence-corrected chi connectivity index (χ3v) is 2.61. The van der Waals surface area contributed by atoms with Crippen molar-refractivity contribution in [2.45, 2.75) is 19.2 Å². The maximum Gasteiger partial charge on any atom is 0.401 e. The summed E-state index contributed by atoms with van der Waals surface area (Å²) < 4.78 is 2.06. The van der Waals surface area contributed by atoms with E-state index in [9.17, 15) is 0 Å². The fourth-order valence-corrected chi connectivity index (χ4v) is 1.73. The molecule has 76 valence electrons. The Labute approximate surface area is 101 Å². The van der Waals surface area contributed by atoms with E-state index >= 15 is 0 Å². The lowest BCUT2D eigenvalue weighted by molar-refractivity contribution is -0.520. The summed E-state index contributed by atoms with van der Waals surface area (Å²) in [6.45, 7) is 4.08. The Kier molecular flexibility index (Phi) is 3.66. The first kappa shape index (κ1) is 11.7. The van der Waals surface area contributed by atoms with Crippen molar-refractivity contribution in [2.24, 2.45) is 0 Å². The molecule has 14 heavy (non-hydrogen) atoms. The molecule has 0 amide bonds. The van der Waals surface area contributed by atoms with Gasteiger partial charge >= 0.3 is 5.78 Å². The Morgan fingerprint density at radius 3 is 2.86 bits per heavy atom. The van der Waals surface area contributed by atoms with E-state index in [0.29, 0.717) is 0 Å². The number of hydrogen-bond donors (Lipinski definition) is 1. The number of alkyl halides is 1. The summed E-state index contributed by atoms with van der Waals surface area (Å²) in [5.74, 6) is 0.909. The van der Waals surface area contributed by atoms with Crippen LogP contribution in [0.2, 0.25) is 0 Å². The van der Waals surface area contributed by atoms with E-state index in [1.807, 2.05) is 6.92 Å². The molecule has 0 saturated carbocycles. The van der Waals surface area contributed by atoms with E-state index in [0.717, 1.165) is 22.5 Å². The van der Waals surface area contributed by atoms with Gasteiger partial charge in [0.15, 0.2) is 0 Å². The standard InChI is InChI=1S/C9H10BrN3.BrH/c1-6-3-7(2)13-5-8(4-10)12-9(13)11-6;/h3,5H,4H2,1-2H3;1H. The number of fused-ring (bicyclic) bond motifs is 1. The van der Waals surface area contributed by atoms with Gasteiger partial charge in [0.2, 0.25) is 0 Å². The quantitative estimate of drug-likeness (QED) is 0.512. The molecule has 0 aliphatic carbocycles. The van der Waals surface area contributed by atoms with Crippen LogP contribution in [-0.4, -0.2) is 9.97 Å². The molecular weight excluding hydrogens is 310 g/mol. The summed E-state index contributed by atoms with van der Waals surface area (Å²) >= 11 is 3.41. The molecule has 1 N–H and O–H groups in total. The molecule has 5 heteroatoms. The second kappa shape index (κ2) is 4.40. The maximum atomic E-state index is 4.39. The highest BCUT2D eigenvalue weighted by molar-refractivity contribution is 9.08. The second-order valence-corrected chi connectivity index (χ2v) is 3.71. The Morgan fingerprint density at radius 2 is 2.21 bits per heavy atom. The minimum absolute atomic E-state index is 0. The van der Waals surface area contributed by atoms with Gasteiger partial charge in [-0.1, -0.05) is 20.9 Å². The molecule has 2 rings (SSSR count). The number of aryl methyl sites for hydroxylation is 2. The van der Waals surface area contributed by atoms with Crippen LogP contribution in [0.5, 0.6) is 0 Å². The fraction of sp³-hybridized carbons (Fsp3) is 0.333. The summed E-state index contributed by atoms with van der Waals surface area (Å²) in [5, 5.41) is 0.828. The van der Waals surface area contributed by atoms with E-state index in [2.05, 4.69) is 49.5 Å². The summed E-state index contributed by atoms with van der Waals surface area (Å²) in [6, 6.07) is 2.07. The minimum atomic E-state index is 0. The van der Waals surface area contributed by atoms with Gasteiger partial charge in [-0.25, -0.2) is 9.38 Å². The molecule has 0 atom stereocenters. The first-order valence-corrected chi connectivity index (χ1v) is 5.26. The summed E-state index contributed by atoms with van der Waals surface area (Å²) in [7, 11) is 0. The molecule has 2 aromatic rings. The smallest absolute Gasteiger partial charge is 0.401 e. The molecule has 0 saturated heterocycles. The van der Waals surface area contributed by atoms with Gasteiger partial charge in [0, 0.05) is 6.07 Å². The number of aromatic nitrogens is 3. The van der Waals surface area contributed by atoms with Crippen LogP contribution < -0.4 is 21.4 Å². The van der Waals surface area contributed by atoms with Gasteiger partial charge < -0.3 is 17.0 Å². The molecule has 0 radical (unpaired) electrons. The van der Waals surface area contributed by atoms with E-state index in [4.69, 9.17) is 0 Å². The molecule has 0 aliphatic rings. The number of hydrogen-bond acceptors (Lipinski definition) is 1. The highest BCUT2D eigenvalue weighted by Gasteiger charge is 2.11. The highest BCUT2D eigenvalue weighted by Crippen LogP contribution is 2.03. The van der Waals surface area contributed by atoms with Crippen LogP contribution in [0.25, 0.3) is 5.78 Å². The maximum absolute atomic E-state index is 4.39. The van der Waals surface area contributed by atoms with Gasteiger partial charge in [0.1, 0.15) is 17.6 Å². The van der Waals surface area contributed by atoms with Crippen LogP contribution >= 0.6 is 15.9 Å². The van der Waals surface area contributed by atoms with Crippen LogP contribution in [0.15, 0.2) is 12.3 Å². The average molecular weight is 321 g/mol. The normalized spacial score (nSPS) is 10.2. The van der Waals surface area contributed by atoms with E-state index < -0.39 is 0 Å². The molecule has 0 fully saturated rings. The van der Waals surface area contributed by atoms with Crippen molar-refractivity contribution in [1.29, 1.82) is 0 Å². The van der Waals surface area contributed by atoms with Crippen molar-refractivity contribution < 1.29 is 21.4 Å². The Morgan fingerprint density at radius 1 is 1.50 bits per heavy atom. The largest absolute Gasteiger partial charge is 1.00 e. The number of halogens is 2. The Hall–Kier alpha value is -0.420. The molecule has 0 unspecified atom stereocenters. The Bertz CT molecular complexity index is 450. The minimum Gasteiger partial charge on any atom is -1.00 e. The summed E-state index contributed by atoms with van der Waals surface area (Å²) in [4.78, 5) is 7.62. The predicted molar refractivity (Wildman–Crippen MR) is 53.9 cm³/mol. The van der Waals surface area contributed by atoms with Crippen molar-refractivity contribution >= 4 is 21.7 Å². The van der Waals surface area contributed by atoms with Crippen molar-refractivity contribution in [3.8, 4) is 0 Å². The van der Waals surface area contributed by atoms with Crippen LogP contribution in [0.4, 0.5) is 0 Å². The summed E-state index contributed by atoms with van der Waals surface area (Å²) in [5.41, 5.74) is 3.38. The van der Waals surface area contributed by atoms with E-state index in [1.165, 1.54) is 5.69 Å². The number of nitrogens with one attached hydrogen (secondary N) is 1. The van der Waals surface area contributed by atoms with Crippen LogP contribution in [0.3, 0.4) is 0 Å². The lowest BCUT2D eigenvalue weighted by Crippen LogP contribution is -3.00. The molecule has 0 aromatic carbocycles. The van der Waals surface area contributed by atoms with Gasteiger partial charge in [-0.05, 0) is 13.8 Å². The van der Waals surface area contributed by atoms with Crippen molar-refractivity contribution in [3.05, 3.63) is 29.3 Å². The zero-order valence-electron chi connectivity index (χ0n) is 8.01. The molecule has 0 aliphatic heterocycles. The number of imidazole rings is 1. The van der Waals surface area contributed by atoms with Gasteiger partial charge in [0.05, 0.1) is 11.0 Å². The van der Waals surface area contributed by atoms with Crippen molar-refractivity contribution in [3.63, 3.8) is 0 Å². The van der Waals surface area contributed by atoms with Gasteiger partial charge in [-0.15, -0.1) is 0 Å². The third kappa shape index (κ3) is 1.98. The first-order valence-electron chi connectivity index (χ1n) is 4.14. The van der Waals surface area contributed by atoms with Gasteiger partial charge in [-0.3, -0.25) is 0 Å². The fourth-order valence-electron chi connectivity index (χ4n) is 1.44. The lowest BCUT2D eigenvalue weighted by Gasteiger charge is -1.90. The average Bonchev–Trinajstić information content (AvgIpc) is 2.47. The predicted octanol–water partition coefficient (Wildman–Crippen LogP) is -1.34. The number of rotatable bonds is 1. The van der Waals surface area contributed by atoms with Crippen LogP contribution in [0.1, 0.15) is 17.1 Å². The molecule has 3 nitrogen and oxygen atoms in total.